The lowest BCUT2D eigenvalue weighted by molar-refractivity contribution is 0.0376. The molecular weight excluding hydrogens is 268 g/mol. The normalized spacial score (nSPS) is 13.5. The van der Waals surface area contributed by atoms with Crippen molar-refractivity contribution >= 4 is 16.8 Å². The zero-order valence-corrected chi connectivity index (χ0v) is 12.0. The smallest absolute Gasteiger partial charge is 0.252 e. The van der Waals surface area contributed by atoms with Crippen LogP contribution in [0.25, 0.3) is 0 Å². The standard InChI is InChI=1S/C14H17ClO4/c1-5-14(2,9-17-3)19-12-8-10(13(15)16)6-7-11(12)18-4/h5-8H,1,9H2,2-4H3. The molecule has 0 radical (unpaired) electrons. The summed E-state index contributed by atoms with van der Waals surface area (Å²) in [4.78, 5) is 11.2. The number of methoxy groups -OCH3 is 2. The summed E-state index contributed by atoms with van der Waals surface area (Å²) < 4.78 is 16.1. The van der Waals surface area contributed by atoms with Gasteiger partial charge in [-0.25, -0.2) is 0 Å². The molecule has 0 heterocycles. The zero-order valence-electron chi connectivity index (χ0n) is 11.2. The number of carbonyl (C=O) groups excluding carboxylic acids is 1. The molecule has 19 heavy (non-hydrogen) atoms. The van der Waals surface area contributed by atoms with Crippen molar-refractivity contribution < 1.29 is 19.0 Å². The maximum atomic E-state index is 11.2. The van der Waals surface area contributed by atoms with Gasteiger partial charge >= 0.3 is 0 Å². The first-order valence-electron chi connectivity index (χ1n) is 5.65. The van der Waals surface area contributed by atoms with Crippen LogP contribution in [0.15, 0.2) is 30.9 Å². The number of rotatable bonds is 7. The Morgan fingerprint density at radius 2 is 2.11 bits per heavy atom. The molecule has 1 aromatic carbocycles. The largest absolute Gasteiger partial charge is 0.493 e. The minimum absolute atomic E-state index is 0.318. The quantitative estimate of drug-likeness (QED) is 0.570. The summed E-state index contributed by atoms with van der Waals surface area (Å²) in [6.07, 6.45) is 1.63. The van der Waals surface area contributed by atoms with Crippen LogP contribution in [0.5, 0.6) is 11.5 Å². The molecule has 0 aliphatic heterocycles. The van der Waals surface area contributed by atoms with Crippen LogP contribution in [0, 0.1) is 0 Å². The van der Waals surface area contributed by atoms with Crippen molar-refractivity contribution in [1.29, 1.82) is 0 Å². The van der Waals surface area contributed by atoms with Gasteiger partial charge in [-0.2, -0.15) is 0 Å². The van der Waals surface area contributed by atoms with Gasteiger partial charge in [-0.1, -0.05) is 6.58 Å². The predicted molar refractivity (Wildman–Crippen MR) is 74.3 cm³/mol. The predicted octanol–water partition coefficient (Wildman–Crippen LogP) is 3.04. The first kappa shape index (κ1) is 15.5. The minimum Gasteiger partial charge on any atom is -0.493 e. The van der Waals surface area contributed by atoms with Crippen molar-refractivity contribution in [2.24, 2.45) is 0 Å². The van der Waals surface area contributed by atoms with E-state index in [0.717, 1.165) is 0 Å². The third-order valence-electron chi connectivity index (χ3n) is 2.60. The molecule has 0 saturated carbocycles. The molecule has 0 spiro atoms. The van der Waals surface area contributed by atoms with Gasteiger partial charge in [0.25, 0.3) is 5.24 Å². The number of benzene rings is 1. The fraction of sp³-hybridized carbons (Fsp3) is 0.357. The van der Waals surface area contributed by atoms with Crippen molar-refractivity contribution in [2.75, 3.05) is 20.8 Å². The summed E-state index contributed by atoms with van der Waals surface area (Å²) in [5.41, 5.74) is -0.392. The average molecular weight is 285 g/mol. The second kappa shape index (κ2) is 6.59. The molecule has 104 valence electrons. The van der Waals surface area contributed by atoms with E-state index in [0.29, 0.717) is 23.7 Å². The first-order valence-corrected chi connectivity index (χ1v) is 6.03. The zero-order chi connectivity index (χ0) is 14.5. The molecule has 0 bridgehead atoms. The van der Waals surface area contributed by atoms with E-state index < -0.39 is 10.8 Å². The Labute approximate surface area is 117 Å². The number of hydrogen-bond acceptors (Lipinski definition) is 4. The van der Waals surface area contributed by atoms with E-state index in [1.165, 1.54) is 13.2 Å². The Balaban J connectivity index is 3.12. The molecule has 0 aliphatic rings. The number of hydrogen-bond donors (Lipinski definition) is 0. The summed E-state index contributed by atoms with van der Waals surface area (Å²) >= 11 is 5.46. The lowest BCUT2D eigenvalue weighted by Gasteiger charge is -2.27. The van der Waals surface area contributed by atoms with Gasteiger partial charge in [0.2, 0.25) is 0 Å². The van der Waals surface area contributed by atoms with Gasteiger partial charge in [0.1, 0.15) is 5.60 Å². The van der Waals surface area contributed by atoms with Crippen LogP contribution in [0.3, 0.4) is 0 Å². The Morgan fingerprint density at radius 1 is 1.42 bits per heavy atom. The number of ether oxygens (including phenoxy) is 3. The summed E-state index contributed by atoms with van der Waals surface area (Å²) in [5.74, 6) is 0.916. The van der Waals surface area contributed by atoms with E-state index in [-0.39, 0.29) is 0 Å². The molecule has 5 heteroatoms. The van der Waals surface area contributed by atoms with Crippen molar-refractivity contribution in [3.8, 4) is 11.5 Å². The SMILES string of the molecule is C=CC(C)(COC)Oc1cc(C(=O)Cl)ccc1OC. The van der Waals surface area contributed by atoms with Crippen LogP contribution in [-0.4, -0.2) is 31.7 Å². The van der Waals surface area contributed by atoms with E-state index >= 15 is 0 Å². The fourth-order valence-corrected chi connectivity index (χ4v) is 1.66. The third kappa shape index (κ3) is 3.98. The summed E-state index contributed by atoms with van der Waals surface area (Å²) in [6, 6.07) is 4.73. The highest BCUT2D eigenvalue weighted by molar-refractivity contribution is 6.67. The molecule has 1 rings (SSSR count). The van der Waals surface area contributed by atoms with Crippen LogP contribution in [-0.2, 0) is 4.74 Å². The molecule has 1 unspecified atom stereocenters. The van der Waals surface area contributed by atoms with Crippen molar-refractivity contribution in [1.82, 2.24) is 0 Å². The highest BCUT2D eigenvalue weighted by atomic mass is 35.5. The molecule has 0 aromatic heterocycles. The van der Waals surface area contributed by atoms with Gasteiger partial charge in [-0.3, -0.25) is 4.79 Å². The van der Waals surface area contributed by atoms with Crippen LogP contribution < -0.4 is 9.47 Å². The van der Waals surface area contributed by atoms with E-state index in [1.807, 2.05) is 6.92 Å². The van der Waals surface area contributed by atoms with Crippen molar-refractivity contribution in [3.63, 3.8) is 0 Å². The van der Waals surface area contributed by atoms with Crippen LogP contribution in [0.4, 0.5) is 0 Å². The summed E-state index contributed by atoms with van der Waals surface area (Å²) in [6.45, 7) is 5.86. The highest BCUT2D eigenvalue weighted by Gasteiger charge is 2.24. The second-order valence-corrected chi connectivity index (χ2v) is 4.53. The van der Waals surface area contributed by atoms with Gasteiger partial charge < -0.3 is 14.2 Å². The molecule has 4 nitrogen and oxygen atoms in total. The van der Waals surface area contributed by atoms with Crippen molar-refractivity contribution in [3.05, 3.63) is 36.4 Å². The fourth-order valence-electron chi connectivity index (χ4n) is 1.55. The van der Waals surface area contributed by atoms with E-state index in [1.54, 1.807) is 25.3 Å². The lowest BCUT2D eigenvalue weighted by Crippen LogP contribution is -2.35. The van der Waals surface area contributed by atoms with E-state index in [9.17, 15) is 4.79 Å². The minimum atomic E-state index is -0.726. The number of carbonyl (C=O) groups is 1. The van der Waals surface area contributed by atoms with Crippen molar-refractivity contribution in [2.45, 2.75) is 12.5 Å². The van der Waals surface area contributed by atoms with Gasteiger partial charge in [0.15, 0.2) is 11.5 Å². The van der Waals surface area contributed by atoms with Gasteiger partial charge in [0.05, 0.1) is 13.7 Å². The van der Waals surface area contributed by atoms with Crippen LogP contribution in [0.1, 0.15) is 17.3 Å². The molecule has 0 amide bonds. The van der Waals surface area contributed by atoms with Gasteiger partial charge in [-0.15, -0.1) is 0 Å². The topological polar surface area (TPSA) is 44.8 Å². The molecule has 1 aromatic rings. The highest BCUT2D eigenvalue weighted by Crippen LogP contribution is 2.32. The molecule has 0 fully saturated rings. The summed E-state index contributed by atoms with van der Waals surface area (Å²) in [5, 5.41) is -0.556. The Bertz CT molecular complexity index is 473. The van der Waals surface area contributed by atoms with Crippen LogP contribution in [0.2, 0.25) is 0 Å². The Morgan fingerprint density at radius 3 is 2.58 bits per heavy atom. The maximum absolute atomic E-state index is 11.2. The lowest BCUT2D eigenvalue weighted by atomic mass is 10.1. The van der Waals surface area contributed by atoms with Crippen LogP contribution >= 0.6 is 11.6 Å². The Hall–Kier alpha value is -1.52. The summed E-state index contributed by atoms with van der Waals surface area (Å²) in [7, 11) is 3.09. The molecule has 0 saturated heterocycles. The third-order valence-corrected chi connectivity index (χ3v) is 2.81. The monoisotopic (exact) mass is 284 g/mol. The van der Waals surface area contributed by atoms with Gasteiger partial charge in [-0.05, 0) is 42.8 Å². The first-order chi connectivity index (χ1) is 8.95. The molecule has 0 N–H and O–H groups in total. The number of halogens is 1. The van der Waals surface area contributed by atoms with Gasteiger partial charge in [0, 0.05) is 12.7 Å². The van der Waals surface area contributed by atoms with E-state index in [2.05, 4.69) is 6.58 Å². The maximum Gasteiger partial charge on any atom is 0.252 e. The Kier molecular flexibility index (Phi) is 5.39. The average Bonchev–Trinajstić information content (AvgIpc) is 2.38. The molecule has 1 atom stereocenters. The second-order valence-electron chi connectivity index (χ2n) is 4.19. The van der Waals surface area contributed by atoms with E-state index in [4.69, 9.17) is 25.8 Å². The molecule has 0 aliphatic carbocycles. The molecular formula is C14H17ClO4.